The molecule has 0 saturated heterocycles. The molecule has 2 heterocycles. The fraction of sp³-hybridized carbons (Fsp3) is 0.400. The molecule has 0 fully saturated rings. The molecule has 0 aliphatic heterocycles. The second kappa shape index (κ2) is 8.55. The van der Waals surface area contributed by atoms with Gasteiger partial charge in [0.05, 0.1) is 6.20 Å². The topological polar surface area (TPSA) is 57.0 Å². The Balaban J connectivity index is 2.43. The standard InChI is InChI=1S/C15H13BrF5N3O2S/c1-3-27-9-4-7(16)5-22-10(9)11-23-6-8(12(25)24(11)2)26-14(19)15(20,21)13(17)18/h4-6,13-14H,3H2,1-2H3. The molecule has 0 bridgehead atoms. The number of hydrogen-bond donors (Lipinski definition) is 0. The van der Waals surface area contributed by atoms with Crippen LogP contribution in [0.1, 0.15) is 6.92 Å². The van der Waals surface area contributed by atoms with E-state index in [2.05, 4.69) is 30.6 Å². The molecule has 0 spiro atoms. The summed E-state index contributed by atoms with van der Waals surface area (Å²) in [7, 11) is 1.25. The number of hydrogen-bond acceptors (Lipinski definition) is 5. The monoisotopic (exact) mass is 473 g/mol. The Labute approximate surface area is 163 Å². The lowest BCUT2D eigenvalue weighted by atomic mass is 10.3. The molecule has 5 nitrogen and oxygen atoms in total. The molecule has 1 atom stereocenters. The highest BCUT2D eigenvalue weighted by atomic mass is 79.9. The smallest absolute Gasteiger partial charge is 0.372 e. The van der Waals surface area contributed by atoms with Gasteiger partial charge in [0, 0.05) is 22.6 Å². The van der Waals surface area contributed by atoms with Gasteiger partial charge in [0.15, 0.2) is 5.82 Å². The summed E-state index contributed by atoms with van der Waals surface area (Å²) in [6.07, 6.45) is -5.80. The summed E-state index contributed by atoms with van der Waals surface area (Å²) in [5.74, 6) is -5.21. The van der Waals surface area contributed by atoms with Crippen molar-refractivity contribution < 1.29 is 26.7 Å². The maximum Gasteiger partial charge on any atom is 0.372 e. The van der Waals surface area contributed by atoms with E-state index in [1.807, 2.05) is 6.92 Å². The molecule has 148 valence electrons. The molecule has 2 rings (SSSR count). The normalized spacial score (nSPS) is 13.1. The van der Waals surface area contributed by atoms with Gasteiger partial charge < -0.3 is 4.74 Å². The molecule has 12 heteroatoms. The van der Waals surface area contributed by atoms with E-state index in [0.717, 1.165) is 4.57 Å². The number of thioether (sulfide) groups is 1. The summed E-state index contributed by atoms with van der Waals surface area (Å²) < 4.78 is 69.5. The van der Waals surface area contributed by atoms with Crippen LogP contribution in [-0.4, -0.2) is 39.0 Å². The third kappa shape index (κ3) is 4.60. The quantitative estimate of drug-likeness (QED) is 0.443. The Bertz CT molecular complexity index is 881. The van der Waals surface area contributed by atoms with Gasteiger partial charge in [0.2, 0.25) is 5.75 Å². The van der Waals surface area contributed by atoms with Crippen LogP contribution in [0.2, 0.25) is 0 Å². The predicted molar refractivity (Wildman–Crippen MR) is 93.3 cm³/mol. The fourth-order valence-electron chi connectivity index (χ4n) is 1.97. The molecule has 27 heavy (non-hydrogen) atoms. The van der Waals surface area contributed by atoms with E-state index in [-0.39, 0.29) is 5.82 Å². The lowest BCUT2D eigenvalue weighted by Gasteiger charge is -2.20. The lowest BCUT2D eigenvalue weighted by Crippen LogP contribution is -2.42. The molecular formula is C15H13BrF5N3O2S. The molecule has 0 amide bonds. The van der Waals surface area contributed by atoms with Gasteiger partial charge in [-0.1, -0.05) is 6.92 Å². The molecule has 1 unspecified atom stereocenters. The van der Waals surface area contributed by atoms with Crippen molar-refractivity contribution in [3.05, 3.63) is 33.3 Å². The molecule has 2 aromatic rings. The summed E-state index contributed by atoms with van der Waals surface area (Å²) in [4.78, 5) is 21.1. The number of halogens is 6. The van der Waals surface area contributed by atoms with Crippen LogP contribution in [-0.2, 0) is 7.05 Å². The van der Waals surface area contributed by atoms with Crippen molar-refractivity contribution in [3.63, 3.8) is 0 Å². The number of nitrogens with zero attached hydrogens (tertiary/aromatic N) is 3. The van der Waals surface area contributed by atoms with Crippen LogP contribution >= 0.6 is 27.7 Å². The van der Waals surface area contributed by atoms with Crippen molar-refractivity contribution in [2.45, 2.75) is 30.5 Å². The van der Waals surface area contributed by atoms with E-state index >= 15 is 0 Å². The highest BCUT2D eigenvalue weighted by molar-refractivity contribution is 9.10. The number of ether oxygens (including phenoxy) is 1. The van der Waals surface area contributed by atoms with Crippen LogP contribution in [0.4, 0.5) is 22.0 Å². The van der Waals surface area contributed by atoms with Crippen LogP contribution in [0.3, 0.4) is 0 Å². The summed E-state index contributed by atoms with van der Waals surface area (Å²) in [6.45, 7) is 1.91. The zero-order chi connectivity index (χ0) is 20.4. The van der Waals surface area contributed by atoms with Crippen LogP contribution in [0.15, 0.2) is 32.6 Å². The Hall–Kier alpha value is -1.69. The number of aromatic nitrogens is 3. The summed E-state index contributed by atoms with van der Waals surface area (Å²) in [6, 6.07) is 1.76. The maximum absolute atomic E-state index is 13.4. The SMILES string of the molecule is CCSc1cc(Br)cnc1-c1ncc(OC(F)C(F)(F)C(F)F)c(=O)n1C. The van der Waals surface area contributed by atoms with Crippen molar-refractivity contribution in [3.8, 4) is 17.3 Å². The molecule has 0 N–H and O–H groups in total. The van der Waals surface area contributed by atoms with Gasteiger partial charge in [0.1, 0.15) is 5.69 Å². The van der Waals surface area contributed by atoms with Crippen molar-refractivity contribution >= 4 is 27.7 Å². The summed E-state index contributed by atoms with van der Waals surface area (Å²) in [5, 5.41) is 0. The maximum atomic E-state index is 13.4. The van der Waals surface area contributed by atoms with Crippen LogP contribution in [0.5, 0.6) is 5.75 Å². The molecule has 0 aliphatic rings. The van der Waals surface area contributed by atoms with Crippen LogP contribution < -0.4 is 10.3 Å². The van der Waals surface area contributed by atoms with E-state index in [9.17, 15) is 26.7 Å². The minimum Gasteiger partial charge on any atom is -0.446 e. The summed E-state index contributed by atoms with van der Waals surface area (Å²) in [5.41, 5.74) is -0.684. The second-order valence-corrected chi connectivity index (χ2v) is 7.37. The van der Waals surface area contributed by atoms with E-state index in [0.29, 0.717) is 27.0 Å². The summed E-state index contributed by atoms with van der Waals surface area (Å²) >= 11 is 4.71. The van der Waals surface area contributed by atoms with E-state index in [1.165, 1.54) is 25.0 Å². The first kappa shape index (κ1) is 21.6. The molecular weight excluding hydrogens is 461 g/mol. The third-order valence-electron chi connectivity index (χ3n) is 3.29. The van der Waals surface area contributed by atoms with Crippen molar-refractivity contribution in [2.75, 3.05) is 5.75 Å². The van der Waals surface area contributed by atoms with Crippen molar-refractivity contribution in [1.82, 2.24) is 14.5 Å². The molecule has 0 aliphatic carbocycles. The molecule has 0 saturated carbocycles. The Morgan fingerprint density at radius 1 is 1.30 bits per heavy atom. The highest BCUT2D eigenvalue weighted by Gasteiger charge is 2.51. The number of alkyl halides is 5. The minimum atomic E-state index is -5.07. The zero-order valence-corrected chi connectivity index (χ0v) is 16.3. The Morgan fingerprint density at radius 3 is 2.56 bits per heavy atom. The minimum absolute atomic E-state index is 0.0758. The largest absolute Gasteiger partial charge is 0.446 e. The average Bonchev–Trinajstić information content (AvgIpc) is 2.60. The van der Waals surface area contributed by atoms with Crippen LogP contribution in [0.25, 0.3) is 11.5 Å². The average molecular weight is 474 g/mol. The van der Waals surface area contributed by atoms with E-state index in [1.54, 1.807) is 6.07 Å². The fourth-order valence-corrected chi connectivity index (χ4v) is 3.25. The van der Waals surface area contributed by atoms with Gasteiger partial charge in [-0.25, -0.2) is 13.8 Å². The predicted octanol–water partition coefficient (Wildman–Crippen LogP) is 4.29. The second-order valence-electron chi connectivity index (χ2n) is 5.15. The number of pyridine rings is 1. The van der Waals surface area contributed by atoms with Gasteiger partial charge >= 0.3 is 18.7 Å². The van der Waals surface area contributed by atoms with E-state index < -0.39 is 30.0 Å². The van der Waals surface area contributed by atoms with E-state index in [4.69, 9.17) is 0 Å². The highest BCUT2D eigenvalue weighted by Crippen LogP contribution is 2.32. The van der Waals surface area contributed by atoms with Gasteiger partial charge in [-0.2, -0.15) is 13.2 Å². The third-order valence-corrected chi connectivity index (χ3v) is 4.64. The first-order chi connectivity index (χ1) is 12.6. The first-order valence-corrected chi connectivity index (χ1v) is 9.18. The van der Waals surface area contributed by atoms with Gasteiger partial charge in [-0.3, -0.25) is 14.3 Å². The number of rotatable bonds is 7. The van der Waals surface area contributed by atoms with Crippen molar-refractivity contribution in [1.29, 1.82) is 0 Å². The molecule has 0 radical (unpaired) electrons. The molecule has 0 aromatic carbocycles. The lowest BCUT2D eigenvalue weighted by molar-refractivity contribution is -0.221. The Kier molecular flexibility index (Phi) is 6.84. The zero-order valence-electron chi connectivity index (χ0n) is 13.9. The van der Waals surface area contributed by atoms with Crippen molar-refractivity contribution in [2.24, 2.45) is 7.05 Å². The van der Waals surface area contributed by atoms with Gasteiger partial charge in [-0.15, -0.1) is 11.8 Å². The van der Waals surface area contributed by atoms with Gasteiger partial charge in [0.25, 0.3) is 5.56 Å². The first-order valence-electron chi connectivity index (χ1n) is 7.41. The Morgan fingerprint density at radius 2 is 1.96 bits per heavy atom. The molecule has 2 aromatic heterocycles. The van der Waals surface area contributed by atoms with Crippen LogP contribution in [0, 0.1) is 0 Å². The van der Waals surface area contributed by atoms with Gasteiger partial charge in [-0.05, 0) is 27.7 Å².